The van der Waals surface area contributed by atoms with Crippen molar-refractivity contribution in [1.82, 2.24) is 0 Å². The van der Waals surface area contributed by atoms with Crippen molar-refractivity contribution < 1.29 is 88.3 Å². The smallest absolute Gasteiger partial charge is 0.390 e. The zero-order chi connectivity index (χ0) is 57.1. The Balaban J connectivity index is 0.878. The summed E-state index contributed by atoms with van der Waals surface area (Å²) in [5.41, 5.74) is 1.31. The molecular weight excluding hydrogens is 1100 g/mol. The van der Waals surface area contributed by atoms with Crippen LogP contribution in [0.5, 0.6) is 0 Å². The van der Waals surface area contributed by atoms with E-state index in [1.807, 2.05) is 13.8 Å². The first kappa shape index (κ1) is 59.9. The van der Waals surface area contributed by atoms with Crippen LogP contribution in [-0.2, 0) is 67.8 Å². The highest BCUT2D eigenvalue weighted by Gasteiger charge is 2.64. The fourth-order valence-electron chi connectivity index (χ4n) is 20.2. The van der Waals surface area contributed by atoms with Gasteiger partial charge in [0, 0.05) is 0 Å². The molecule has 6 fully saturated rings. The number of hydrogen-bond donors (Lipinski definition) is 6. The summed E-state index contributed by atoms with van der Waals surface area (Å²) < 4.78 is 172. The Morgan fingerprint density at radius 2 is 1.00 bits per heavy atom. The van der Waals surface area contributed by atoms with Crippen molar-refractivity contribution in [3.05, 3.63) is 22.3 Å². The normalized spacial score (nSPS) is 47.2. The second-order valence-electron chi connectivity index (χ2n) is 27.9. The summed E-state index contributed by atoms with van der Waals surface area (Å²) in [5, 5.41) is 22.1. The Labute approximate surface area is 462 Å². The molecule has 2 saturated heterocycles. The molecular formula is C54H86O20S4. The largest absolute Gasteiger partial charge is 0.397 e. The second-order valence-corrected chi connectivity index (χ2v) is 32.1. The number of allylic oxidation sites excluding steroid dienone is 2. The summed E-state index contributed by atoms with van der Waals surface area (Å²) in [5.74, 6) is 0.106. The summed E-state index contributed by atoms with van der Waals surface area (Å²) in [4.78, 5) is 0. The predicted molar refractivity (Wildman–Crippen MR) is 282 cm³/mol. The minimum atomic E-state index is -4.92. The van der Waals surface area contributed by atoms with Crippen LogP contribution in [0.2, 0.25) is 0 Å². The maximum Gasteiger partial charge on any atom is 0.397 e. The minimum Gasteiger partial charge on any atom is -0.390 e. The lowest BCUT2D eigenvalue weighted by atomic mass is 9.49. The van der Waals surface area contributed by atoms with Crippen LogP contribution in [0.25, 0.3) is 0 Å². The molecule has 10 rings (SSSR count). The molecule has 10 aliphatic rings. The van der Waals surface area contributed by atoms with Gasteiger partial charge in [0.2, 0.25) is 0 Å². The molecule has 2 heterocycles. The van der Waals surface area contributed by atoms with E-state index in [0.717, 1.165) is 86.5 Å². The summed E-state index contributed by atoms with van der Waals surface area (Å²) in [6.07, 6.45) is 2.76. The predicted octanol–water partition coefficient (Wildman–Crippen LogP) is 8.13. The molecule has 2 aliphatic heterocycles. The van der Waals surface area contributed by atoms with Gasteiger partial charge in [-0.3, -0.25) is 18.2 Å². The average molecular weight is 1180 g/mol. The van der Waals surface area contributed by atoms with Gasteiger partial charge in [-0.25, -0.2) is 16.7 Å². The third-order valence-corrected chi connectivity index (χ3v) is 25.5. The van der Waals surface area contributed by atoms with Gasteiger partial charge in [0.1, 0.15) is 12.2 Å². The van der Waals surface area contributed by atoms with E-state index in [-0.39, 0.29) is 97.1 Å². The molecule has 446 valence electrons. The molecule has 6 N–H and O–H groups in total. The third kappa shape index (κ3) is 10.7. The van der Waals surface area contributed by atoms with E-state index in [9.17, 15) is 62.1 Å². The summed E-state index contributed by atoms with van der Waals surface area (Å²) in [6.45, 7) is 19.8. The van der Waals surface area contributed by atoms with Crippen molar-refractivity contribution in [3.8, 4) is 0 Å². The Bertz CT molecular complexity index is 2890. The molecule has 0 aromatic rings. The average Bonchev–Trinajstić information content (AvgIpc) is 3.95. The van der Waals surface area contributed by atoms with Gasteiger partial charge in [0.25, 0.3) is 0 Å². The second kappa shape index (κ2) is 20.0. The van der Waals surface area contributed by atoms with Crippen LogP contribution in [0, 0.1) is 74.9 Å². The maximum atomic E-state index is 12.4. The lowest BCUT2D eigenvalue weighted by molar-refractivity contribution is -0.200. The SMILES string of the molecule is CC(CCC1OC(C(C)C2CCC3C4=C(CCC32C)C2(C)CC(OS(=O)(=O)O)C(O)CC2C(OS(=O)(=O)O)C4)CC2CC1(C)OC2(C)C)C1CCC2C3=C(CCC21C)C1(C)CC(OS(=O)(=O)O)C(O)CC1C(OS(=O)(=O)O)C3. The third-order valence-electron chi connectivity index (χ3n) is 23.6. The van der Waals surface area contributed by atoms with E-state index in [1.54, 1.807) is 0 Å². The molecule has 4 saturated carbocycles. The first-order valence-corrected chi connectivity index (χ1v) is 34.0. The molecule has 0 aromatic heterocycles. The van der Waals surface area contributed by atoms with Crippen LogP contribution >= 0.6 is 0 Å². The standard InChI is InChI=1S/C54H86O20S4/c1-28(33-11-13-35-31-21-44(70-75(57,58)59)39-23-41(55)46(72-77(63,64)65)26-52(39,7)37(31)16-18-50(33,35)5)10-15-48-54(9)25-30(49(3,4)74-54)20-43(69-48)29(2)34-12-14-36-32-22-45(71-76(60,61)62)40-24-42(56)47(73-78(66,67)68)27-53(40,8)38(32)17-19-51(34,36)6/h28-30,33-36,39-48,55-56H,10-27H2,1-9H3,(H,57,58,59)(H,60,61,62)(H,63,64,65)(H,66,67,68). The maximum absolute atomic E-state index is 12.4. The Kier molecular flexibility index (Phi) is 15.3. The molecule has 0 aromatic carbocycles. The summed E-state index contributed by atoms with van der Waals surface area (Å²) >= 11 is 0. The highest BCUT2D eigenvalue weighted by atomic mass is 32.3. The van der Waals surface area contributed by atoms with Crippen LogP contribution in [0.3, 0.4) is 0 Å². The van der Waals surface area contributed by atoms with Gasteiger partial charge >= 0.3 is 41.6 Å². The Hall–Kier alpha value is -1.20. The fraction of sp³-hybridized carbons (Fsp3) is 0.926. The van der Waals surface area contributed by atoms with Gasteiger partial charge in [-0.15, -0.1) is 0 Å². The number of rotatable bonds is 14. The van der Waals surface area contributed by atoms with Gasteiger partial charge in [-0.05, 0) is 211 Å². The van der Waals surface area contributed by atoms with Crippen LogP contribution in [-0.4, -0.2) is 122 Å². The molecule has 2 bridgehead atoms. The van der Waals surface area contributed by atoms with Crippen LogP contribution in [0.15, 0.2) is 22.3 Å². The van der Waals surface area contributed by atoms with E-state index in [0.29, 0.717) is 18.8 Å². The molecule has 22 unspecified atom stereocenters. The number of aliphatic hydroxyl groups excluding tert-OH is 2. The quantitative estimate of drug-likeness (QED) is 0.0706. The van der Waals surface area contributed by atoms with Gasteiger partial charge in [0.15, 0.2) is 0 Å². The Morgan fingerprint density at radius 1 is 0.577 bits per heavy atom. The lowest BCUT2D eigenvalue weighted by Gasteiger charge is -2.57. The van der Waals surface area contributed by atoms with Crippen molar-refractivity contribution >= 4 is 41.6 Å². The van der Waals surface area contributed by atoms with E-state index in [2.05, 4.69) is 48.5 Å². The first-order valence-electron chi connectivity index (χ1n) is 28.6. The monoisotopic (exact) mass is 1180 g/mol. The van der Waals surface area contributed by atoms with Crippen molar-refractivity contribution in [1.29, 1.82) is 0 Å². The summed E-state index contributed by atoms with van der Waals surface area (Å²) in [7, 11) is -19.6. The van der Waals surface area contributed by atoms with Crippen molar-refractivity contribution in [2.45, 2.75) is 238 Å². The van der Waals surface area contributed by atoms with E-state index >= 15 is 0 Å². The molecule has 0 amide bonds. The van der Waals surface area contributed by atoms with Gasteiger partial charge in [-0.2, -0.15) is 33.7 Å². The number of ether oxygens (including phenoxy) is 2. The van der Waals surface area contributed by atoms with E-state index in [1.165, 1.54) is 0 Å². The van der Waals surface area contributed by atoms with Crippen molar-refractivity contribution in [3.63, 3.8) is 0 Å². The van der Waals surface area contributed by atoms with Gasteiger partial charge in [0.05, 0.1) is 47.8 Å². The molecule has 20 nitrogen and oxygen atoms in total. The molecule has 8 aliphatic carbocycles. The van der Waals surface area contributed by atoms with Crippen LogP contribution < -0.4 is 0 Å². The first-order chi connectivity index (χ1) is 35.8. The highest BCUT2D eigenvalue weighted by molar-refractivity contribution is 7.81. The van der Waals surface area contributed by atoms with Crippen molar-refractivity contribution in [2.75, 3.05) is 0 Å². The zero-order valence-electron chi connectivity index (χ0n) is 46.6. The molecule has 78 heavy (non-hydrogen) atoms. The molecule has 0 radical (unpaired) electrons. The van der Waals surface area contributed by atoms with E-state index in [4.69, 9.17) is 26.2 Å². The molecule has 24 heteroatoms. The van der Waals surface area contributed by atoms with Gasteiger partial charge in [-0.1, -0.05) is 63.8 Å². The van der Waals surface area contributed by atoms with E-state index < -0.39 is 112 Å². The number of aliphatic hydroxyl groups is 2. The van der Waals surface area contributed by atoms with Crippen LogP contribution in [0.1, 0.15) is 178 Å². The number of hydrogen-bond acceptors (Lipinski definition) is 16. The number of fused-ring (bicyclic) bond motifs is 10. The van der Waals surface area contributed by atoms with Crippen LogP contribution in [0.4, 0.5) is 0 Å². The Morgan fingerprint density at radius 3 is 1.45 bits per heavy atom. The zero-order valence-corrected chi connectivity index (χ0v) is 49.8. The lowest BCUT2D eigenvalue weighted by Crippen LogP contribution is -2.56. The topological polar surface area (TPSA) is 313 Å². The van der Waals surface area contributed by atoms with Crippen molar-refractivity contribution in [2.24, 2.45) is 74.9 Å². The fourth-order valence-corrected chi connectivity index (χ4v) is 22.2. The van der Waals surface area contributed by atoms with Gasteiger partial charge < -0.3 is 19.7 Å². The summed E-state index contributed by atoms with van der Waals surface area (Å²) in [6, 6.07) is 0. The highest BCUT2D eigenvalue weighted by Crippen LogP contribution is 2.69. The molecule has 0 spiro atoms. The minimum absolute atomic E-state index is 0.00196. The molecule has 22 atom stereocenters.